The molecule has 5 heteroatoms. The Balaban J connectivity index is 4.10. The third-order valence-corrected chi connectivity index (χ3v) is 2.52. The summed E-state index contributed by atoms with van der Waals surface area (Å²) in [5, 5.41) is 5.91. The lowest BCUT2D eigenvalue weighted by Crippen LogP contribution is -2.42. The van der Waals surface area contributed by atoms with E-state index in [1.807, 2.05) is 20.8 Å². The van der Waals surface area contributed by atoms with Crippen LogP contribution in [0.4, 0.5) is 0 Å². The highest BCUT2D eigenvalue weighted by molar-refractivity contribution is 5.84. The van der Waals surface area contributed by atoms with Gasteiger partial charge < -0.3 is 15.5 Å². The fraction of sp³-hybridized carbons (Fsp3) is 0.846. The van der Waals surface area contributed by atoms with Crippen molar-refractivity contribution in [2.45, 2.75) is 40.0 Å². The molecular weight excluding hydrogens is 230 g/mol. The third-order valence-electron chi connectivity index (χ3n) is 2.52. The van der Waals surface area contributed by atoms with Crippen molar-refractivity contribution < 1.29 is 9.59 Å². The lowest BCUT2D eigenvalue weighted by atomic mass is 10.3. The number of carbonyl (C=O) groups excluding carboxylic acids is 2. The Hall–Kier alpha value is -1.10. The first-order valence-corrected chi connectivity index (χ1v) is 6.90. The molecule has 0 fully saturated rings. The van der Waals surface area contributed by atoms with Crippen LogP contribution in [0.15, 0.2) is 0 Å². The van der Waals surface area contributed by atoms with Crippen LogP contribution in [0.3, 0.4) is 0 Å². The lowest BCUT2D eigenvalue weighted by molar-refractivity contribution is -0.136. The summed E-state index contributed by atoms with van der Waals surface area (Å²) in [5.41, 5.74) is 0. The van der Waals surface area contributed by atoms with Gasteiger partial charge in [0.15, 0.2) is 0 Å². The number of carbonyl (C=O) groups is 2. The summed E-state index contributed by atoms with van der Waals surface area (Å²) in [5.74, 6) is -0.0217. The van der Waals surface area contributed by atoms with Crippen molar-refractivity contribution in [2.24, 2.45) is 0 Å². The van der Waals surface area contributed by atoms with E-state index in [-0.39, 0.29) is 18.4 Å². The summed E-state index contributed by atoms with van der Waals surface area (Å²) >= 11 is 0. The maximum absolute atomic E-state index is 11.9. The Morgan fingerprint density at radius 1 is 1.06 bits per heavy atom. The normalized spacial score (nSPS) is 10.2. The van der Waals surface area contributed by atoms with Crippen molar-refractivity contribution in [3.63, 3.8) is 0 Å². The molecule has 0 aromatic heterocycles. The van der Waals surface area contributed by atoms with Gasteiger partial charge in [-0.05, 0) is 19.4 Å². The molecule has 0 saturated heterocycles. The first kappa shape index (κ1) is 16.9. The highest BCUT2D eigenvalue weighted by Crippen LogP contribution is 1.96. The van der Waals surface area contributed by atoms with Gasteiger partial charge in [0.1, 0.15) is 0 Å². The average Bonchev–Trinajstić information content (AvgIpc) is 2.36. The van der Waals surface area contributed by atoms with Gasteiger partial charge in [0.2, 0.25) is 11.8 Å². The molecule has 0 aliphatic rings. The molecule has 0 aromatic carbocycles. The van der Waals surface area contributed by atoms with E-state index in [0.29, 0.717) is 26.1 Å². The van der Waals surface area contributed by atoms with E-state index in [1.54, 1.807) is 4.90 Å². The number of nitrogens with one attached hydrogen (secondary N) is 2. The van der Waals surface area contributed by atoms with E-state index >= 15 is 0 Å². The molecule has 0 aliphatic carbocycles. The highest BCUT2D eigenvalue weighted by atomic mass is 16.2. The van der Waals surface area contributed by atoms with Crippen molar-refractivity contribution in [3.05, 3.63) is 0 Å². The molecule has 0 saturated carbocycles. The molecule has 2 amide bonds. The fourth-order valence-electron chi connectivity index (χ4n) is 1.59. The summed E-state index contributed by atoms with van der Waals surface area (Å²) in [4.78, 5) is 25.2. The van der Waals surface area contributed by atoms with E-state index in [0.717, 1.165) is 19.4 Å². The molecule has 0 aromatic rings. The molecule has 18 heavy (non-hydrogen) atoms. The predicted molar refractivity (Wildman–Crippen MR) is 73.3 cm³/mol. The average molecular weight is 257 g/mol. The number of hydrogen-bond acceptors (Lipinski definition) is 3. The SMILES string of the molecule is CCCNC(=O)CN(CCC)C(=O)CCNCC. The van der Waals surface area contributed by atoms with Gasteiger partial charge in [-0.1, -0.05) is 20.8 Å². The summed E-state index contributed by atoms with van der Waals surface area (Å²) in [6, 6.07) is 0. The van der Waals surface area contributed by atoms with Crippen LogP contribution in [-0.2, 0) is 9.59 Å². The largest absolute Gasteiger partial charge is 0.355 e. The molecular formula is C13H27N3O2. The van der Waals surface area contributed by atoms with Crippen LogP contribution < -0.4 is 10.6 Å². The second-order valence-electron chi connectivity index (χ2n) is 4.27. The summed E-state index contributed by atoms with van der Waals surface area (Å²) in [6.07, 6.45) is 2.23. The van der Waals surface area contributed by atoms with Gasteiger partial charge in [-0.2, -0.15) is 0 Å². The minimum Gasteiger partial charge on any atom is -0.355 e. The molecule has 106 valence electrons. The smallest absolute Gasteiger partial charge is 0.239 e. The molecule has 0 unspecified atom stereocenters. The van der Waals surface area contributed by atoms with Gasteiger partial charge in [-0.15, -0.1) is 0 Å². The third kappa shape index (κ3) is 8.06. The van der Waals surface area contributed by atoms with Crippen LogP contribution in [0.2, 0.25) is 0 Å². The second-order valence-corrected chi connectivity index (χ2v) is 4.27. The standard InChI is InChI=1S/C13H27N3O2/c1-4-8-15-12(17)11-16(10-5-2)13(18)7-9-14-6-3/h14H,4-11H2,1-3H3,(H,15,17). The molecule has 0 spiro atoms. The second kappa shape index (κ2) is 11.0. The maximum Gasteiger partial charge on any atom is 0.239 e. The van der Waals surface area contributed by atoms with Gasteiger partial charge in [0.05, 0.1) is 6.54 Å². The summed E-state index contributed by atoms with van der Waals surface area (Å²) in [6.45, 7) is 9.05. The lowest BCUT2D eigenvalue weighted by Gasteiger charge is -2.21. The Kier molecular flexibility index (Phi) is 10.3. The zero-order chi connectivity index (χ0) is 13.8. The van der Waals surface area contributed by atoms with E-state index < -0.39 is 0 Å². The first-order valence-electron chi connectivity index (χ1n) is 6.90. The monoisotopic (exact) mass is 257 g/mol. The minimum absolute atomic E-state index is 0.0458. The van der Waals surface area contributed by atoms with E-state index in [9.17, 15) is 9.59 Å². The number of nitrogens with zero attached hydrogens (tertiary/aromatic N) is 1. The predicted octanol–water partition coefficient (Wildman–Crippen LogP) is 0.751. The summed E-state index contributed by atoms with van der Waals surface area (Å²) < 4.78 is 0. The zero-order valence-electron chi connectivity index (χ0n) is 11.9. The number of hydrogen-bond donors (Lipinski definition) is 2. The van der Waals surface area contributed by atoms with Crippen molar-refractivity contribution >= 4 is 11.8 Å². The van der Waals surface area contributed by atoms with E-state index in [4.69, 9.17) is 0 Å². The Bertz CT molecular complexity index is 244. The maximum atomic E-state index is 11.9. The van der Waals surface area contributed by atoms with E-state index in [1.165, 1.54) is 0 Å². The van der Waals surface area contributed by atoms with Crippen molar-refractivity contribution in [3.8, 4) is 0 Å². The number of rotatable bonds is 10. The molecule has 0 aliphatic heterocycles. The molecule has 0 atom stereocenters. The minimum atomic E-state index is -0.0675. The van der Waals surface area contributed by atoms with Gasteiger partial charge in [-0.25, -0.2) is 0 Å². The van der Waals surface area contributed by atoms with Crippen molar-refractivity contribution in [2.75, 3.05) is 32.7 Å². The van der Waals surface area contributed by atoms with E-state index in [2.05, 4.69) is 10.6 Å². The summed E-state index contributed by atoms with van der Waals surface area (Å²) in [7, 11) is 0. The molecule has 2 N–H and O–H groups in total. The molecule has 0 heterocycles. The zero-order valence-corrected chi connectivity index (χ0v) is 11.9. The van der Waals surface area contributed by atoms with Crippen LogP contribution in [0.5, 0.6) is 0 Å². The fourth-order valence-corrected chi connectivity index (χ4v) is 1.59. The van der Waals surface area contributed by atoms with Crippen LogP contribution in [0.25, 0.3) is 0 Å². The van der Waals surface area contributed by atoms with Gasteiger partial charge >= 0.3 is 0 Å². The van der Waals surface area contributed by atoms with Crippen LogP contribution in [0.1, 0.15) is 40.0 Å². The quantitative estimate of drug-likeness (QED) is 0.568. The van der Waals surface area contributed by atoms with Crippen molar-refractivity contribution in [1.29, 1.82) is 0 Å². The van der Waals surface area contributed by atoms with Gasteiger partial charge in [0, 0.05) is 26.1 Å². The van der Waals surface area contributed by atoms with Gasteiger partial charge in [-0.3, -0.25) is 9.59 Å². The topological polar surface area (TPSA) is 61.4 Å². The molecule has 5 nitrogen and oxygen atoms in total. The van der Waals surface area contributed by atoms with Crippen LogP contribution in [0, 0.1) is 0 Å². The molecule has 0 radical (unpaired) electrons. The Morgan fingerprint density at radius 3 is 2.33 bits per heavy atom. The van der Waals surface area contributed by atoms with Crippen molar-refractivity contribution in [1.82, 2.24) is 15.5 Å². The Morgan fingerprint density at radius 2 is 1.78 bits per heavy atom. The first-order chi connectivity index (χ1) is 8.65. The van der Waals surface area contributed by atoms with Crippen LogP contribution in [-0.4, -0.2) is 49.4 Å². The Labute approximate surface area is 110 Å². The molecule has 0 rings (SSSR count). The number of amides is 2. The molecule has 0 bridgehead atoms. The highest BCUT2D eigenvalue weighted by Gasteiger charge is 2.15. The van der Waals surface area contributed by atoms with Crippen LogP contribution >= 0.6 is 0 Å². The van der Waals surface area contributed by atoms with Gasteiger partial charge in [0.25, 0.3) is 0 Å².